The number of allylic oxidation sites excluding steroid dienone is 1. The summed E-state index contributed by atoms with van der Waals surface area (Å²) in [6.45, 7) is 13.3. The number of thiazole rings is 2. The molecule has 0 saturated carbocycles. The first-order valence-electron chi connectivity index (χ1n) is 19.0. The van der Waals surface area contributed by atoms with Gasteiger partial charge in [-0.1, -0.05) is 86.7 Å². The average molecular weight is 768 g/mol. The Morgan fingerprint density at radius 1 is 0.636 bits per heavy atom. The summed E-state index contributed by atoms with van der Waals surface area (Å²) in [7, 11) is 0. The van der Waals surface area contributed by atoms with Gasteiger partial charge in [-0.15, -0.1) is 34.0 Å². The topological polar surface area (TPSA) is 30.7 Å². The van der Waals surface area contributed by atoms with Crippen LogP contribution in [-0.2, 0) is 11.8 Å². The van der Waals surface area contributed by atoms with Gasteiger partial charge in [-0.2, -0.15) is 0 Å². The Kier molecular flexibility index (Phi) is 8.11. The van der Waals surface area contributed by atoms with E-state index in [0.717, 1.165) is 22.8 Å². The molecule has 0 radical (unpaired) electrons. The number of hydrogen-bond acceptors (Lipinski definition) is 5. The van der Waals surface area contributed by atoms with Crippen molar-refractivity contribution in [3.63, 3.8) is 0 Å². The summed E-state index contributed by atoms with van der Waals surface area (Å²) >= 11 is 5.57. The molecule has 0 amide bonds. The lowest BCUT2D eigenvalue weighted by Gasteiger charge is -2.27. The maximum absolute atomic E-state index is 5.06. The second kappa shape index (κ2) is 13.0. The van der Waals surface area contributed by atoms with Gasteiger partial charge in [0.2, 0.25) is 0 Å². The minimum Gasteiger partial charge on any atom is -0.309 e. The van der Waals surface area contributed by atoms with E-state index in [-0.39, 0.29) is 5.41 Å². The van der Waals surface area contributed by atoms with Crippen LogP contribution in [0.25, 0.3) is 65.4 Å². The molecule has 0 saturated heterocycles. The quantitative estimate of drug-likeness (QED) is 0.169. The maximum atomic E-state index is 5.06. The lowest BCUT2D eigenvalue weighted by molar-refractivity contribution is 0.642. The first kappa shape index (κ1) is 34.4. The predicted molar refractivity (Wildman–Crippen MR) is 238 cm³/mol. The zero-order valence-electron chi connectivity index (χ0n) is 31.9. The highest BCUT2D eigenvalue weighted by Gasteiger charge is 2.28. The van der Waals surface area contributed by atoms with Gasteiger partial charge in [-0.05, 0) is 110 Å². The Balaban J connectivity index is 1.10. The van der Waals surface area contributed by atoms with Gasteiger partial charge in [0.25, 0.3) is 0 Å². The van der Waals surface area contributed by atoms with E-state index in [9.17, 15) is 0 Å². The SMILES string of the molecule is Cc1nc(-c2cc(-c3cccc(C(C)(C)c4ccc5c(c4)c4ccccc4n5-c4ccccc4)c3)c3sc4c(c3c2)CC(c2nc(C)c(C)s2)C=C4)sc1C. The molecule has 6 heteroatoms. The van der Waals surface area contributed by atoms with E-state index in [1.165, 1.54) is 90.6 Å². The third-order valence-electron chi connectivity index (χ3n) is 11.8. The normalized spacial score (nSPS) is 14.4. The molecular weight excluding hydrogens is 727 g/mol. The van der Waals surface area contributed by atoms with E-state index in [1.807, 2.05) is 22.7 Å². The fraction of sp³-hybridized carbons (Fsp3) is 0.184. The van der Waals surface area contributed by atoms with E-state index in [1.54, 1.807) is 11.3 Å². The predicted octanol–water partition coefficient (Wildman–Crippen LogP) is 14.2. The van der Waals surface area contributed by atoms with Crippen LogP contribution in [0.4, 0.5) is 0 Å². The first-order chi connectivity index (χ1) is 26.6. The van der Waals surface area contributed by atoms with E-state index in [2.05, 4.69) is 167 Å². The molecule has 0 spiro atoms. The van der Waals surface area contributed by atoms with Gasteiger partial charge < -0.3 is 4.57 Å². The maximum Gasteiger partial charge on any atom is 0.123 e. The van der Waals surface area contributed by atoms with Crippen molar-refractivity contribution in [2.75, 3.05) is 0 Å². The molecule has 0 fully saturated rings. The molecular formula is C49H41N3S3. The lowest BCUT2D eigenvalue weighted by atomic mass is 9.77. The molecule has 3 nitrogen and oxygen atoms in total. The number of benzene rings is 5. The van der Waals surface area contributed by atoms with Crippen molar-refractivity contribution >= 4 is 72.0 Å². The highest BCUT2D eigenvalue weighted by Crippen LogP contribution is 2.47. The highest BCUT2D eigenvalue weighted by atomic mass is 32.1. The van der Waals surface area contributed by atoms with Gasteiger partial charge in [0.05, 0.1) is 22.4 Å². The Bertz CT molecular complexity index is 2950. The fourth-order valence-electron chi connectivity index (χ4n) is 8.32. The van der Waals surface area contributed by atoms with Gasteiger partial charge in [0.1, 0.15) is 10.0 Å². The highest BCUT2D eigenvalue weighted by molar-refractivity contribution is 7.20. The van der Waals surface area contributed by atoms with Crippen molar-refractivity contribution in [1.82, 2.24) is 14.5 Å². The lowest BCUT2D eigenvalue weighted by Crippen LogP contribution is -2.18. The molecule has 5 aromatic carbocycles. The Labute approximate surface area is 334 Å². The van der Waals surface area contributed by atoms with E-state index in [0.29, 0.717) is 5.92 Å². The summed E-state index contributed by atoms with van der Waals surface area (Å²) in [4.78, 5) is 14.0. The standard InChI is InChI=1S/C49H41N3S3/c1-28-30(3)53-47(50-28)33-19-22-45-41(24-33)42-26-34(48-51-29(2)31(4)54-48)25-39(46(42)55-45)32-13-12-14-35(23-32)49(5,6)36-20-21-44-40(27-36)38-17-10-11-18-43(38)52(44)37-15-8-7-9-16-37/h7-23,25-27,33H,24H2,1-6H3. The van der Waals surface area contributed by atoms with Crippen LogP contribution in [0.2, 0.25) is 0 Å². The molecule has 0 bridgehead atoms. The number of fused-ring (bicyclic) bond motifs is 6. The van der Waals surface area contributed by atoms with Crippen LogP contribution in [-0.4, -0.2) is 14.5 Å². The smallest absolute Gasteiger partial charge is 0.123 e. The van der Waals surface area contributed by atoms with Crippen LogP contribution in [0.15, 0.2) is 115 Å². The van der Waals surface area contributed by atoms with Crippen LogP contribution in [0.3, 0.4) is 0 Å². The molecule has 1 aliphatic carbocycles. The molecule has 1 unspecified atom stereocenters. The van der Waals surface area contributed by atoms with Crippen LogP contribution < -0.4 is 0 Å². The molecule has 0 aliphatic heterocycles. The number of thiophene rings is 1. The number of rotatable bonds is 6. The van der Waals surface area contributed by atoms with Crippen LogP contribution >= 0.6 is 34.0 Å². The first-order valence-corrected chi connectivity index (χ1v) is 21.4. The fourth-order valence-corrected chi connectivity index (χ4v) is 11.5. The molecule has 4 heterocycles. The second-order valence-corrected chi connectivity index (χ2v) is 19.0. The summed E-state index contributed by atoms with van der Waals surface area (Å²) in [5.74, 6) is 0.294. The molecule has 55 heavy (non-hydrogen) atoms. The summed E-state index contributed by atoms with van der Waals surface area (Å²) < 4.78 is 3.74. The zero-order chi connectivity index (χ0) is 37.6. The summed E-state index contributed by atoms with van der Waals surface area (Å²) in [5.41, 5.74) is 13.4. The largest absolute Gasteiger partial charge is 0.309 e. The van der Waals surface area contributed by atoms with Crippen molar-refractivity contribution < 1.29 is 0 Å². The second-order valence-electron chi connectivity index (χ2n) is 15.5. The molecule has 10 rings (SSSR count). The molecule has 0 N–H and O–H groups in total. The number of para-hydroxylation sites is 2. The van der Waals surface area contributed by atoms with Gasteiger partial charge >= 0.3 is 0 Å². The Morgan fingerprint density at radius 3 is 2.16 bits per heavy atom. The summed E-state index contributed by atoms with van der Waals surface area (Å²) in [6.07, 6.45) is 5.69. The molecule has 4 aromatic heterocycles. The number of hydrogen-bond donors (Lipinski definition) is 0. The van der Waals surface area contributed by atoms with Crippen molar-refractivity contribution in [1.29, 1.82) is 0 Å². The van der Waals surface area contributed by atoms with Gasteiger partial charge in [-0.25, -0.2) is 9.97 Å². The number of nitrogens with zero attached hydrogens (tertiary/aromatic N) is 3. The number of aromatic nitrogens is 3. The Hall–Kier alpha value is -5.14. The third-order valence-corrected chi connectivity index (χ3v) is 15.3. The van der Waals surface area contributed by atoms with Gasteiger partial charge in [-0.3, -0.25) is 0 Å². The van der Waals surface area contributed by atoms with Crippen molar-refractivity contribution in [3.05, 3.63) is 163 Å². The molecule has 1 aliphatic rings. The molecule has 1 atom stereocenters. The van der Waals surface area contributed by atoms with Gasteiger partial charge in [0.15, 0.2) is 0 Å². The zero-order valence-corrected chi connectivity index (χ0v) is 34.3. The minimum absolute atomic E-state index is 0.241. The third kappa shape index (κ3) is 5.65. The van der Waals surface area contributed by atoms with E-state index in [4.69, 9.17) is 9.97 Å². The van der Waals surface area contributed by atoms with Crippen molar-refractivity contribution in [2.45, 2.75) is 59.3 Å². The van der Waals surface area contributed by atoms with Crippen molar-refractivity contribution in [3.8, 4) is 27.4 Å². The summed E-state index contributed by atoms with van der Waals surface area (Å²) in [6, 6.07) is 40.7. The van der Waals surface area contributed by atoms with E-state index < -0.39 is 0 Å². The minimum atomic E-state index is -0.241. The van der Waals surface area contributed by atoms with Crippen LogP contribution in [0.5, 0.6) is 0 Å². The van der Waals surface area contributed by atoms with Crippen molar-refractivity contribution in [2.24, 2.45) is 0 Å². The monoisotopic (exact) mass is 767 g/mol. The van der Waals surface area contributed by atoms with Crippen LogP contribution in [0, 0.1) is 27.7 Å². The van der Waals surface area contributed by atoms with Crippen LogP contribution in [0.1, 0.15) is 67.5 Å². The summed E-state index contributed by atoms with van der Waals surface area (Å²) in [5, 5.41) is 6.21. The van der Waals surface area contributed by atoms with E-state index >= 15 is 0 Å². The van der Waals surface area contributed by atoms with Gasteiger partial charge in [0, 0.05) is 58.3 Å². The number of aryl methyl sites for hydroxylation is 4. The average Bonchev–Trinajstić information content (AvgIpc) is 3.95. The Morgan fingerprint density at radius 2 is 1.38 bits per heavy atom. The molecule has 270 valence electrons. The molecule has 9 aromatic rings.